The van der Waals surface area contributed by atoms with Crippen LogP contribution in [-0.4, -0.2) is 44.1 Å². The molecule has 0 N–H and O–H groups in total. The molecule has 0 fully saturated rings. The van der Waals surface area contributed by atoms with E-state index in [1.807, 2.05) is 6.07 Å². The summed E-state index contributed by atoms with van der Waals surface area (Å²) >= 11 is 5.77. The van der Waals surface area contributed by atoms with Gasteiger partial charge in [0.1, 0.15) is 0 Å². The third-order valence-corrected chi connectivity index (χ3v) is 2.74. The summed E-state index contributed by atoms with van der Waals surface area (Å²) in [5.74, 6) is 0.679. The molecular weight excluding hydrogens is 222 g/mol. The van der Waals surface area contributed by atoms with Gasteiger partial charge < -0.3 is 4.74 Å². The summed E-state index contributed by atoms with van der Waals surface area (Å²) in [6.45, 7) is 3.69. The summed E-state index contributed by atoms with van der Waals surface area (Å²) in [7, 11) is 1.73. The van der Waals surface area contributed by atoms with Gasteiger partial charge in [0.05, 0.1) is 6.61 Å². The zero-order valence-corrected chi connectivity index (χ0v) is 10.6. The maximum Gasteiger partial charge on any atom is 0.0589 e. The molecule has 0 saturated carbocycles. The fraction of sp³-hybridized carbons (Fsp3) is 0.538. The van der Waals surface area contributed by atoms with Crippen LogP contribution in [0.15, 0.2) is 30.3 Å². The fourth-order valence-electron chi connectivity index (χ4n) is 1.61. The van der Waals surface area contributed by atoms with E-state index in [1.54, 1.807) is 7.11 Å². The zero-order chi connectivity index (χ0) is 11.6. The molecule has 1 rings (SSSR count). The minimum atomic E-state index is 0.679. The molecule has 0 aromatic heterocycles. The molecule has 0 saturated heterocycles. The topological polar surface area (TPSA) is 12.5 Å². The fourth-order valence-corrected chi connectivity index (χ4v) is 1.85. The molecule has 0 spiro atoms. The summed E-state index contributed by atoms with van der Waals surface area (Å²) in [4.78, 5) is 2.34. The Morgan fingerprint density at radius 1 is 1.12 bits per heavy atom. The van der Waals surface area contributed by atoms with Crippen LogP contribution in [0.1, 0.15) is 5.56 Å². The van der Waals surface area contributed by atoms with E-state index in [0.29, 0.717) is 5.88 Å². The van der Waals surface area contributed by atoms with Crippen molar-refractivity contribution in [3.63, 3.8) is 0 Å². The van der Waals surface area contributed by atoms with Crippen LogP contribution < -0.4 is 0 Å². The summed E-state index contributed by atoms with van der Waals surface area (Å²) in [5, 5.41) is 0. The van der Waals surface area contributed by atoms with Crippen LogP contribution in [0.25, 0.3) is 0 Å². The minimum absolute atomic E-state index is 0.679. The Hall–Kier alpha value is -0.570. The maximum atomic E-state index is 5.77. The first kappa shape index (κ1) is 13.5. The van der Waals surface area contributed by atoms with Crippen molar-refractivity contribution in [1.29, 1.82) is 0 Å². The van der Waals surface area contributed by atoms with Gasteiger partial charge in [-0.1, -0.05) is 30.3 Å². The van der Waals surface area contributed by atoms with E-state index in [0.717, 1.165) is 32.7 Å². The van der Waals surface area contributed by atoms with Gasteiger partial charge in [0.15, 0.2) is 0 Å². The third-order valence-electron chi connectivity index (χ3n) is 2.57. The molecule has 0 unspecified atom stereocenters. The first-order chi connectivity index (χ1) is 7.86. The summed E-state index contributed by atoms with van der Waals surface area (Å²) < 4.78 is 5.09. The van der Waals surface area contributed by atoms with Crippen molar-refractivity contribution in [3.8, 4) is 0 Å². The number of alkyl halides is 1. The van der Waals surface area contributed by atoms with Crippen molar-refractivity contribution in [2.75, 3.05) is 39.2 Å². The van der Waals surface area contributed by atoms with E-state index in [2.05, 4.69) is 29.2 Å². The van der Waals surface area contributed by atoms with Crippen LogP contribution in [0.3, 0.4) is 0 Å². The number of methoxy groups -OCH3 is 1. The highest BCUT2D eigenvalue weighted by Gasteiger charge is 2.03. The van der Waals surface area contributed by atoms with Gasteiger partial charge >= 0.3 is 0 Å². The molecule has 1 aromatic carbocycles. The summed E-state index contributed by atoms with van der Waals surface area (Å²) in [5.41, 5.74) is 1.37. The predicted octanol–water partition coefficient (Wildman–Crippen LogP) is 2.42. The predicted molar refractivity (Wildman–Crippen MR) is 69.2 cm³/mol. The lowest BCUT2D eigenvalue weighted by atomic mass is 10.1. The number of nitrogens with zero attached hydrogens (tertiary/aromatic N) is 1. The van der Waals surface area contributed by atoms with Gasteiger partial charge in [-0.25, -0.2) is 0 Å². The standard InChI is InChI=1S/C13H20ClNO/c1-16-12-11-15(10-8-14)9-7-13-5-3-2-4-6-13/h2-6H,7-12H2,1H3. The molecule has 0 atom stereocenters. The minimum Gasteiger partial charge on any atom is -0.383 e. The van der Waals surface area contributed by atoms with Gasteiger partial charge in [0.25, 0.3) is 0 Å². The Bertz CT molecular complexity index is 266. The molecule has 0 amide bonds. The molecule has 1 aromatic rings. The second-order valence-electron chi connectivity index (χ2n) is 3.76. The van der Waals surface area contributed by atoms with E-state index in [-0.39, 0.29) is 0 Å². The highest BCUT2D eigenvalue weighted by molar-refractivity contribution is 6.18. The quantitative estimate of drug-likeness (QED) is 0.649. The van der Waals surface area contributed by atoms with Gasteiger partial charge in [-0.05, 0) is 12.0 Å². The molecule has 0 aliphatic carbocycles. The maximum absolute atomic E-state index is 5.77. The number of hydrogen-bond acceptors (Lipinski definition) is 2. The molecular formula is C13H20ClNO. The first-order valence-corrected chi connectivity index (χ1v) is 6.21. The van der Waals surface area contributed by atoms with Crippen molar-refractivity contribution in [3.05, 3.63) is 35.9 Å². The van der Waals surface area contributed by atoms with Gasteiger partial charge in [0, 0.05) is 32.6 Å². The molecule has 16 heavy (non-hydrogen) atoms. The number of benzene rings is 1. The molecule has 0 bridgehead atoms. The van der Waals surface area contributed by atoms with Gasteiger partial charge in [0.2, 0.25) is 0 Å². The highest BCUT2D eigenvalue weighted by atomic mass is 35.5. The third kappa shape index (κ3) is 5.50. The van der Waals surface area contributed by atoms with Crippen LogP contribution in [0.5, 0.6) is 0 Å². The van der Waals surface area contributed by atoms with Crippen LogP contribution in [0.4, 0.5) is 0 Å². The first-order valence-electron chi connectivity index (χ1n) is 5.68. The monoisotopic (exact) mass is 241 g/mol. The summed E-state index contributed by atoms with van der Waals surface area (Å²) in [6, 6.07) is 10.5. The van der Waals surface area contributed by atoms with Gasteiger partial charge in [-0.2, -0.15) is 0 Å². The Kier molecular flexibility index (Phi) is 7.23. The lowest BCUT2D eigenvalue weighted by molar-refractivity contribution is 0.152. The van der Waals surface area contributed by atoms with Crippen molar-refractivity contribution < 1.29 is 4.74 Å². The van der Waals surface area contributed by atoms with Crippen LogP contribution >= 0.6 is 11.6 Å². The number of halogens is 1. The summed E-state index contributed by atoms with van der Waals surface area (Å²) in [6.07, 6.45) is 1.07. The van der Waals surface area contributed by atoms with Crippen molar-refractivity contribution in [1.82, 2.24) is 4.90 Å². The van der Waals surface area contributed by atoms with Crippen molar-refractivity contribution >= 4 is 11.6 Å². The average Bonchev–Trinajstić information content (AvgIpc) is 2.34. The normalized spacial score (nSPS) is 10.9. The van der Waals surface area contributed by atoms with E-state index < -0.39 is 0 Å². The Labute approximate surface area is 103 Å². The number of hydrogen-bond donors (Lipinski definition) is 0. The zero-order valence-electron chi connectivity index (χ0n) is 9.86. The lowest BCUT2D eigenvalue weighted by Crippen LogP contribution is -2.31. The SMILES string of the molecule is COCCN(CCCl)CCc1ccccc1. The number of rotatable bonds is 8. The van der Waals surface area contributed by atoms with Gasteiger partial charge in [-0.3, -0.25) is 4.90 Å². The Morgan fingerprint density at radius 3 is 2.50 bits per heavy atom. The molecule has 0 aliphatic heterocycles. The Balaban J connectivity index is 2.31. The molecule has 90 valence electrons. The van der Waals surface area contributed by atoms with Crippen LogP contribution in [0.2, 0.25) is 0 Å². The smallest absolute Gasteiger partial charge is 0.0589 e. The molecule has 0 aliphatic rings. The Morgan fingerprint density at radius 2 is 1.88 bits per heavy atom. The largest absolute Gasteiger partial charge is 0.383 e. The lowest BCUT2D eigenvalue weighted by Gasteiger charge is -2.20. The van der Waals surface area contributed by atoms with Crippen molar-refractivity contribution in [2.24, 2.45) is 0 Å². The van der Waals surface area contributed by atoms with Crippen LogP contribution in [-0.2, 0) is 11.2 Å². The van der Waals surface area contributed by atoms with E-state index in [9.17, 15) is 0 Å². The second-order valence-corrected chi connectivity index (χ2v) is 4.14. The average molecular weight is 242 g/mol. The van der Waals surface area contributed by atoms with E-state index in [1.165, 1.54) is 5.56 Å². The van der Waals surface area contributed by atoms with E-state index in [4.69, 9.17) is 16.3 Å². The van der Waals surface area contributed by atoms with Gasteiger partial charge in [-0.15, -0.1) is 11.6 Å². The molecule has 0 heterocycles. The van der Waals surface area contributed by atoms with Crippen molar-refractivity contribution in [2.45, 2.75) is 6.42 Å². The molecule has 0 radical (unpaired) electrons. The number of ether oxygens (including phenoxy) is 1. The molecule has 3 heteroatoms. The van der Waals surface area contributed by atoms with E-state index >= 15 is 0 Å². The highest BCUT2D eigenvalue weighted by Crippen LogP contribution is 2.01. The molecule has 2 nitrogen and oxygen atoms in total. The van der Waals surface area contributed by atoms with Crippen LogP contribution in [0, 0.1) is 0 Å². The second kappa shape index (κ2) is 8.57.